The van der Waals surface area contributed by atoms with Crippen LogP contribution in [0.15, 0.2) is 30.3 Å². The third kappa shape index (κ3) is 6.05. The molecule has 0 aromatic heterocycles. The molecule has 4 N–H and O–H groups in total. The van der Waals surface area contributed by atoms with Crippen molar-refractivity contribution in [2.45, 2.75) is 37.7 Å². The molecule has 0 bridgehead atoms. The Morgan fingerprint density at radius 1 is 1.07 bits per heavy atom. The number of carbonyl (C=O) groups is 1. The lowest BCUT2D eigenvalue weighted by atomic mass is 9.73. The van der Waals surface area contributed by atoms with E-state index in [0.717, 1.165) is 32.1 Å². The van der Waals surface area contributed by atoms with E-state index >= 15 is 0 Å². The molecule has 1 saturated carbocycles. The first-order valence-corrected chi connectivity index (χ1v) is 10.1. The number of hydrogen-bond acceptors (Lipinski definition) is 5. The molecule has 1 aliphatic rings. The van der Waals surface area contributed by atoms with Crippen molar-refractivity contribution in [2.75, 3.05) is 39.4 Å². The Morgan fingerprint density at radius 2 is 1.71 bits per heavy atom. The number of aliphatic hydroxyl groups excluding tert-OH is 2. The first-order valence-electron chi connectivity index (χ1n) is 10.1. The molecule has 0 heterocycles. The highest BCUT2D eigenvalue weighted by Crippen LogP contribution is 2.39. The summed E-state index contributed by atoms with van der Waals surface area (Å²) >= 11 is 0. The van der Waals surface area contributed by atoms with Crippen LogP contribution in [0.1, 0.15) is 37.7 Å². The van der Waals surface area contributed by atoms with Gasteiger partial charge >= 0.3 is 0 Å². The molecule has 2 rings (SSSR count). The standard InChI is InChI=1S/C22H32N2O4/c25-17-15-24(16-18-26)14-8-7-13-23-21(27)22(28,19-9-3-1-4-10-19)20-11-5-2-6-12-20/h1,3-4,9-10,20,25-26,28H,2,5-6,11-18H2,(H,23,27). The van der Waals surface area contributed by atoms with Crippen molar-refractivity contribution in [3.8, 4) is 11.8 Å². The average molecular weight is 389 g/mol. The second-order valence-electron chi connectivity index (χ2n) is 7.23. The zero-order valence-electron chi connectivity index (χ0n) is 16.4. The van der Waals surface area contributed by atoms with Gasteiger partial charge in [-0.1, -0.05) is 61.4 Å². The highest BCUT2D eigenvalue weighted by Gasteiger charge is 2.45. The molecule has 1 atom stereocenters. The van der Waals surface area contributed by atoms with Gasteiger partial charge in [0, 0.05) is 19.0 Å². The van der Waals surface area contributed by atoms with E-state index in [4.69, 9.17) is 10.2 Å². The zero-order chi connectivity index (χ0) is 20.2. The van der Waals surface area contributed by atoms with Crippen LogP contribution in [0.2, 0.25) is 0 Å². The van der Waals surface area contributed by atoms with E-state index in [1.54, 1.807) is 0 Å². The van der Waals surface area contributed by atoms with Gasteiger partial charge in [-0.15, -0.1) is 0 Å². The Bertz CT molecular complexity index is 643. The Hall–Kier alpha value is -1.91. The van der Waals surface area contributed by atoms with Gasteiger partial charge < -0.3 is 20.6 Å². The minimum Gasteiger partial charge on any atom is -0.395 e. The van der Waals surface area contributed by atoms with Crippen LogP contribution in [0.3, 0.4) is 0 Å². The quantitative estimate of drug-likeness (QED) is 0.471. The summed E-state index contributed by atoms with van der Waals surface area (Å²) in [5.41, 5.74) is -0.909. The summed E-state index contributed by atoms with van der Waals surface area (Å²) in [6.45, 7) is 1.44. The van der Waals surface area contributed by atoms with Crippen LogP contribution in [0.4, 0.5) is 0 Å². The van der Waals surface area contributed by atoms with E-state index in [1.807, 2.05) is 35.2 Å². The van der Waals surface area contributed by atoms with Gasteiger partial charge in [0.15, 0.2) is 5.60 Å². The smallest absolute Gasteiger partial charge is 0.257 e. The van der Waals surface area contributed by atoms with E-state index < -0.39 is 11.5 Å². The second-order valence-corrected chi connectivity index (χ2v) is 7.23. The lowest BCUT2D eigenvalue weighted by Crippen LogP contribution is -2.50. The number of nitrogens with one attached hydrogen (secondary N) is 1. The van der Waals surface area contributed by atoms with Gasteiger partial charge in [-0.2, -0.15) is 0 Å². The molecule has 1 aliphatic carbocycles. The van der Waals surface area contributed by atoms with Crippen molar-refractivity contribution in [3.05, 3.63) is 35.9 Å². The van der Waals surface area contributed by atoms with Gasteiger partial charge in [-0.25, -0.2) is 0 Å². The minimum atomic E-state index is -1.54. The van der Waals surface area contributed by atoms with Crippen LogP contribution >= 0.6 is 0 Å². The molecule has 0 radical (unpaired) electrons. The summed E-state index contributed by atoms with van der Waals surface area (Å²) in [5, 5.41) is 32.2. The maximum absolute atomic E-state index is 13.0. The predicted octanol–water partition coefficient (Wildman–Crippen LogP) is 0.861. The molecule has 1 aromatic carbocycles. The van der Waals surface area contributed by atoms with Gasteiger partial charge in [-0.3, -0.25) is 9.69 Å². The molecule has 6 nitrogen and oxygen atoms in total. The van der Waals surface area contributed by atoms with E-state index in [0.29, 0.717) is 25.2 Å². The summed E-state index contributed by atoms with van der Waals surface area (Å²) < 4.78 is 0. The number of benzene rings is 1. The molecular weight excluding hydrogens is 356 g/mol. The molecule has 1 unspecified atom stereocenters. The van der Waals surface area contributed by atoms with Gasteiger partial charge in [0.1, 0.15) is 0 Å². The normalized spacial score (nSPS) is 16.9. The van der Waals surface area contributed by atoms with E-state index in [1.165, 1.54) is 0 Å². The van der Waals surface area contributed by atoms with Crippen molar-refractivity contribution in [2.24, 2.45) is 5.92 Å². The van der Waals surface area contributed by atoms with Crippen molar-refractivity contribution >= 4 is 5.91 Å². The summed E-state index contributed by atoms with van der Waals surface area (Å²) in [5.74, 6) is 5.33. The molecule has 1 fully saturated rings. The molecule has 28 heavy (non-hydrogen) atoms. The van der Waals surface area contributed by atoms with E-state index in [-0.39, 0.29) is 25.7 Å². The maximum atomic E-state index is 13.0. The molecule has 0 aliphatic heterocycles. The highest BCUT2D eigenvalue weighted by atomic mass is 16.3. The van der Waals surface area contributed by atoms with Gasteiger partial charge in [-0.05, 0) is 18.4 Å². The average Bonchev–Trinajstić information content (AvgIpc) is 2.74. The van der Waals surface area contributed by atoms with Gasteiger partial charge in [0.2, 0.25) is 0 Å². The molecule has 6 heteroatoms. The molecule has 1 aromatic rings. The van der Waals surface area contributed by atoms with Crippen LogP contribution in [-0.2, 0) is 10.4 Å². The van der Waals surface area contributed by atoms with Crippen LogP contribution in [0, 0.1) is 17.8 Å². The number of amides is 1. The lowest BCUT2D eigenvalue weighted by Gasteiger charge is -2.37. The number of nitrogens with zero attached hydrogens (tertiary/aromatic N) is 1. The SMILES string of the molecule is O=C(NCC#CCN(CCO)CCO)C(O)(c1ccccc1)C1CCCCC1. The predicted molar refractivity (Wildman–Crippen MR) is 108 cm³/mol. The summed E-state index contributed by atoms with van der Waals surface area (Å²) in [6.07, 6.45) is 4.87. The van der Waals surface area contributed by atoms with Crippen molar-refractivity contribution in [1.82, 2.24) is 10.2 Å². The topological polar surface area (TPSA) is 93.0 Å². The Kier molecular flexibility index (Phi) is 9.45. The van der Waals surface area contributed by atoms with Crippen LogP contribution in [-0.4, -0.2) is 65.5 Å². The van der Waals surface area contributed by atoms with Crippen LogP contribution < -0.4 is 5.32 Å². The molecule has 0 saturated heterocycles. The Morgan fingerprint density at radius 3 is 2.32 bits per heavy atom. The fraction of sp³-hybridized carbons (Fsp3) is 0.591. The summed E-state index contributed by atoms with van der Waals surface area (Å²) in [4.78, 5) is 14.8. The minimum absolute atomic E-state index is 0.00388. The highest BCUT2D eigenvalue weighted by molar-refractivity contribution is 5.87. The number of rotatable bonds is 9. The summed E-state index contributed by atoms with van der Waals surface area (Å²) in [7, 11) is 0. The first kappa shape index (κ1) is 22.4. The fourth-order valence-corrected chi connectivity index (χ4v) is 3.81. The Balaban J connectivity index is 2.01. The molecule has 154 valence electrons. The maximum Gasteiger partial charge on any atom is 0.257 e. The largest absolute Gasteiger partial charge is 0.395 e. The van der Waals surface area contributed by atoms with Gasteiger partial charge in [0.25, 0.3) is 5.91 Å². The Labute approximate surface area is 167 Å². The van der Waals surface area contributed by atoms with Gasteiger partial charge in [0.05, 0.1) is 26.3 Å². The second kappa shape index (κ2) is 11.8. The fourth-order valence-electron chi connectivity index (χ4n) is 3.81. The first-order chi connectivity index (χ1) is 13.6. The summed E-state index contributed by atoms with van der Waals surface area (Å²) in [6, 6.07) is 9.17. The van der Waals surface area contributed by atoms with Crippen molar-refractivity contribution in [1.29, 1.82) is 0 Å². The number of aliphatic hydroxyl groups is 3. The van der Waals surface area contributed by atoms with Crippen LogP contribution in [0.5, 0.6) is 0 Å². The van der Waals surface area contributed by atoms with Crippen molar-refractivity contribution < 1.29 is 20.1 Å². The number of hydrogen-bond donors (Lipinski definition) is 4. The molecular formula is C22H32N2O4. The lowest BCUT2D eigenvalue weighted by molar-refractivity contribution is -0.149. The zero-order valence-corrected chi connectivity index (χ0v) is 16.4. The molecule has 0 spiro atoms. The molecule has 1 amide bonds. The van der Waals surface area contributed by atoms with Crippen LogP contribution in [0.25, 0.3) is 0 Å². The monoisotopic (exact) mass is 388 g/mol. The third-order valence-electron chi connectivity index (χ3n) is 5.35. The van der Waals surface area contributed by atoms with E-state index in [9.17, 15) is 9.90 Å². The van der Waals surface area contributed by atoms with Crippen molar-refractivity contribution in [3.63, 3.8) is 0 Å². The number of carbonyl (C=O) groups excluding carboxylic acids is 1. The third-order valence-corrected chi connectivity index (χ3v) is 5.35. The van der Waals surface area contributed by atoms with E-state index in [2.05, 4.69) is 17.2 Å².